The number of urea groups is 1. The van der Waals surface area contributed by atoms with Crippen molar-refractivity contribution >= 4 is 29.2 Å². The SMILES string of the molecule is CC1(c2ccco2)NC(=O)N(CC(=O)N2CCCc3cc([N+](=O)[O-])ccc32)C1=O. The molecular formula is C19H18N4O6. The minimum absolute atomic E-state index is 0.0404. The molecule has 4 amide bonds. The van der Waals surface area contributed by atoms with Gasteiger partial charge in [0.1, 0.15) is 12.3 Å². The Bertz CT molecular complexity index is 1020. The van der Waals surface area contributed by atoms with E-state index in [0.717, 1.165) is 4.90 Å². The second-order valence-corrected chi connectivity index (χ2v) is 7.14. The molecule has 4 rings (SSSR count). The second kappa shape index (κ2) is 6.73. The number of non-ortho nitro benzene ring substituents is 1. The molecule has 150 valence electrons. The molecule has 0 radical (unpaired) electrons. The van der Waals surface area contributed by atoms with E-state index in [2.05, 4.69) is 5.32 Å². The zero-order chi connectivity index (χ0) is 20.8. The first kappa shape index (κ1) is 18.7. The highest BCUT2D eigenvalue weighted by molar-refractivity contribution is 6.10. The normalized spacial score (nSPS) is 21.1. The molecule has 0 saturated carbocycles. The number of imide groups is 1. The number of nitrogens with zero attached hydrogens (tertiary/aromatic N) is 3. The third-order valence-electron chi connectivity index (χ3n) is 5.28. The fourth-order valence-corrected chi connectivity index (χ4v) is 3.75. The Balaban J connectivity index is 1.56. The molecule has 1 aromatic carbocycles. The Morgan fingerprint density at radius 3 is 2.83 bits per heavy atom. The lowest BCUT2D eigenvalue weighted by Gasteiger charge is -2.30. The van der Waals surface area contributed by atoms with Crippen molar-refractivity contribution in [2.45, 2.75) is 25.3 Å². The number of amides is 4. The summed E-state index contributed by atoms with van der Waals surface area (Å²) in [4.78, 5) is 51.0. The second-order valence-electron chi connectivity index (χ2n) is 7.14. The number of nitrogens with one attached hydrogen (secondary N) is 1. The molecule has 10 nitrogen and oxygen atoms in total. The Hall–Kier alpha value is -3.69. The van der Waals surface area contributed by atoms with Gasteiger partial charge in [-0.15, -0.1) is 0 Å². The van der Waals surface area contributed by atoms with E-state index in [0.29, 0.717) is 30.6 Å². The zero-order valence-corrected chi connectivity index (χ0v) is 15.6. The molecule has 1 N–H and O–H groups in total. The van der Waals surface area contributed by atoms with Crippen LogP contribution >= 0.6 is 0 Å². The monoisotopic (exact) mass is 398 g/mol. The summed E-state index contributed by atoms with van der Waals surface area (Å²) in [6.07, 6.45) is 2.64. The van der Waals surface area contributed by atoms with Crippen LogP contribution in [0.15, 0.2) is 41.0 Å². The summed E-state index contributed by atoms with van der Waals surface area (Å²) in [7, 11) is 0. The third-order valence-corrected chi connectivity index (χ3v) is 5.28. The van der Waals surface area contributed by atoms with Crippen molar-refractivity contribution < 1.29 is 23.7 Å². The third kappa shape index (κ3) is 3.02. The van der Waals surface area contributed by atoms with E-state index in [9.17, 15) is 24.5 Å². The highest BCUT2D eigenvalue weighted by atomic mass is 16.6. The molecule has 0 aliphatic carbocycles. The number of nitro benzene ring substituents is 1. The first-order valence-electron chi connectivity index (χ1n) is 9.07. The van der Waals surface area contributed by atoms with Gasteiger partial charge in [-0.25, -0.2) is 4.79 Å². The van der Waals surface area contributed by atoms with Crippen LogP contribution < -0.4 is 10.2 Å². The van der Waals surface area contributed by atoms with Crippen LogP contribution in [-0.2, 0) is 21.5 Å². The molecule has 2 aliphatic heterocycles. The highest BCUT2D eigenvalue weighted by Crippen LogP contribution is 2.32. The summed E-state index contributed by atoms with van der Waals surface area (Å²) >= 11 is 0. The fraction of sp³-hybridized carbons (Fsp3) is 0.316. The first-order valence-corrected chi connectivity index (χ1v) is 9.07. The average Bonchev–Trinajstić information content (AvgIpc) is 3.31. The molecule has 0 spiro atoms. The number of nitro groups is 1. The number of aryl methyl sites for hydroxylation is 1. The fourth-order valence-electron chi connectivity index (χ4n) is 3.75. The van der Waals surface area contributed by atoms with Gasteiger partial charge in [-0.1, -0.05) is 0 Å². The molecule has 1 unspecified atom stereocenters. The Morgan fingerprint density at radius 2 is 2.14 bits per heavy atom. The lowest BCUT2D eigenvalue weighted by molar-refractivity contribution is -0.384. The predicted octanol–water partition coefficient (Wildman–Crippen LogP) is 1.93. The van der Waals surface area contributed by atoms with Crippen molar-refractivity contribution in [3.63, 3.8) is 0 Å². The molecular weight excluding hydrogens is 380 g/mol. The van der Waals surface area contributed by atoms with Crippen LogP contribution in [-0.4, -0.2) is 40.8 Å². The maximum absolute atomic E-state index is 12.9. The smallest absolute Gasteiger partial charge is 0.325 e. The van der Waals surface area contributed by atoms with Crippen LogP contribution in [0.4, 0.5) is 16.2 Å². The topological polar surface area (TPSA) is 126 Å². The number of rotatable bonds is 4. The zero-order valence-electron chi connectivity index (χ0n) is 15.6. The van der Waals surface area contributed by atoms with Crippen LogP contribution in [0.1, 0.15) is 24.7 Å². The summed E-state index contributed by atoms with van der Waals surface area (Å²) in [5, 5.41) is 13.6. The largest absolute Gasteiger partial charge is 0.466 e. The molecule has 10 heteroatoms. The molecule has 1 aromatic heterocycles. The molecule has 1 atom stereocenters. The Labute approximate surface area is 165 Å². The maximum Gasteiger partial charge on any atom is 0.325 e. The lowest BCUT2D eigenvalue weighted by atomic mass is 9.99. The average molecular weight is 398 g/mol. The van der Waals surface area contributed by atoms with E-state index in [1.807, 2.05) is 0 Å². The quantitative estimate of drug-likeness (QED) is 0.476. The molecule has 2 aliphatic rings. The first-order chi connectivity index (χ1) is 13.8. The molecule has 2 aromatic rings. The summed E-state index contributed by atoms with van der Waals surface area (Å²) in [6, 6.07) is 6.84. The van der Waals surface area contributed by atoms with Crippen molar-refractivity contribution in [1.82, 2.24) is 10.2 Å². The number of benzene rings is 1. The van der Waals surface area contributed by atoms with Gasteiger partial charge in [0.05, 0.1) is 11.2 Å². The van der Waals surface area contributed by atoms with Crippen molar-refractivity contribution in [2.75, 3.05) is 18.0 Å². The van der Waals surface area contributed by atoms with Crippen LogP contribution in [0, 0.1) is 10.1 Å². The lowest BCUT2D eigenvalue weighted by Crippen LogP contribution is -2.46. The minimum Gasteiger partial charge on any atom is -0.466 e. The standard InChI is InChI=1S/C19H18N4O6/c1-19(15-5-3-9-29-15)17(25)22(18(26)20-19)11-16(24)21-8-2-4-12-10-13(23(27)28)6-7-14(12)21/h3,5-7,9-10H,2,4,8,11H2,1H3,(H,20,26). The number of hydrogen-bond donors (Lipinski definition) is 1. The van der Waals surface area contributed by atoms with E-state index in [1.165, 1.54) is 36.3 Å². The summed E-state index contributed by atoms with van der Waals surface area (Å²) in [5.74, 6) is -0.736. The van der Waals surface area contributed by atoms with Gasteiger partial charge in [-0.05, 0) is 43.5 Å². The molecule has 29 heavy (non-hydrogen) atoms. The van der Waals surface area contributed by atoms with E-state index in [-0.39, 0.29) is 11.4 Å². The Morgan fingerprint density at radius 1 is 1.34 bits per heavy atom. The molecule has 3 heterocycles. The van der Waals surface area contributed by atoms with Gasteiger partial charge in [0.15, 0.2) is 5.54 Å². The van der Waals surface area contributed by atoms with E-state index >= 15 is 0 Å². The van der Waals surface area contributed by atoms with Gasteiger partial charge in [-0.3, -0.25) is 24.6 Å². The predicted molar refractivity (Wildman–Crippen MR) is 100 cm³/mol. The van der Waals surface area contributed by atoms with Crippen LogP contribution in [0.2, 0.25) is 0 Å². The van der Waals surface area contributed by atoms with Gasteiger partial charge in [0.2, 0.25) is 5.91 Å². The van der Waals surface area contributed by atoms with Crippen molar-refractivity contribution in [2.24, 2.45) is 0 Å². The molecule has 1 saturated heterocycles. The van der Waals surface area contributed by atoms with E-state index in [1.54, 1.807) is 12.1 Å². The summed E-state index contributed by atoms with van der Waals surface area (Å²) in [5.41, 5.74) is -0.160. The highest BCUT2D eigenvalue weighted by Gasteiger charge is 2.51. The summed E-state index contributed by atoms with van der Waals surface area (Å²) < 4.78 is 5.27. The number of hydrogen-bond acceptors (Lipinski definition) is 6. The minimum atomic E-state index is -1.37. The number of fused-ring (bicyclic) bond motifs is 1. The van der Waals surface area contributed by atoms with Crippen molar-refractivity contribution in [1.29, 1.82) is 0 Å². The number of carbonyl (C=O) groups excluding carboxylic acids is 3. The number of carbonyl (C=O) groups is 3. The van der Waals surface area contributed by atoms with Crippen molar-refractivity contribution in [3.8, 4) is 0 Å². The van der Waals surface area contributed by atoms with Crippen molar-refractivity contribution in [3.05, 3.63) is 58.0 Å². The van der Waals surface area contributed by atoms with E-state index in [4.69, 9.17) is 4.42 Å². The summed E-state index contributed by atoms with van der Waals surface area (Å²) in [6.45, 7) is 1.49. The molecule has 1 fully saturated rings. The Kier molecular flexibility index (Phi) is 4.33. The van der Waals surface area contributed by atoms with Crippen LogP contribution in [0.5, 0.6) is 0 Å². The maximum atomic E-state index is 12.9. The van der Waals surface area contributed by atoms with Gasteiger partial charge >= 0.3 is 6.03 Å². The number of furan rings is 1. The molecule has 0 bridgehead atoms. The van der Waals surface area contributed by atoms with E-state index < -0.39 is 34.9 Å². The van der Waals surface area contributed by atoms with Crippen LogP contribution in [0.25, 0.3) is 0 Å². The van der Waals surface area contributed by atoms with Crippen LogP contribution in [0.3, 0.4) is 0 Å². The number of anilines is 1. The van der Waals surface area contributed by atoms with Gasteiger partial charge < -0.3 is 14.6 Å². The van der Waals surface area contributed by atoms with Gasteiger partial charge in [0.25, 0.3) is 11.6 Å². The van der Waals surface area contributed by atoms with Gasteiger partial charge in [0, 0.05) is 24.4 Å². The van der Waals surface area contributed by atoms with Gasteiger partial charge in [-0.2, -0.15) is 0 Å².